The van der Waals surface area contributed by atoms with Gasteiger partial charge in [0.05, 0.1) is 18.8 Å². The molecule has 0 saturated carbocycles. The van der Waals surface area contributed by atoms with Crippen molar-refractivity contribution in [3.8, 4) is 0 Å². The minimum atomic E-state index is -0.457. The lowest BCUT2D eigenvalue weighted by Gasteiger charge is -2.28. The van der Waals surface area contributed by atoms with Crippen LogP contribution in [0.25, 0.3) is 0 Å². The molecule has 2 aromatic rings. The predicted molar refractivity (Wildman–Crippen MR) is 108 cm³/mol. The van der Waals surface area contributed by atoms with Gasteiger partial charge in [-0.15, -0.1) is 0 Å². The zero-order chi connectivity index (χ0) is 20.1. The molecule has 2 aromatic carbocycles. The number of rotatable bonds is 5. The van der Waals surface area contributed by atoms with Gasteiger partial charge in [-0.05, 0) is 29.7 Å². The lowest BCUT2D eigenvalue weighted by atomic mass is 10.00. The number of nitrogens with one attached hydrogen (secondary N) is 1. The first-order valence-corrected chi connectivity index (χ1v) is 10.2. The van der Waals surface area contributed by atoms with Crippen molar-refractivity contribution in [2.75, 3.05) is 39.5 Å². The third kappa shape index (κ3) is 5.02. The van der Waals surface area contributed by atoms with Gasteiger partial charge in [-0.1, -0.05) is 36.4 Å². The molecule has 2 aliphatic heterocycles. The molecular formula is C23H27N2O4+. The highest BCUT2D eigenvalue weighted by molar-refractivity contribution is 5.91. The van der Waals surface area contributed by atoms with Gasteiger partial charge in [0.2, 0.25) is 0 Å². The molecule has 0 spiro atoms. The number of morpholine rings is 1. The molecule has 6 heteroatoms. The fraction of sp³-hybridized carbons (Fsp3) is 0.391. The molecule has 2 aliphatic rings. The second-order valence-corrected chi connectivity index (χ2v) is 7.65. The van der Waals surface area contributed by atoms with Crippen molar-refractivity contribution in [2.24, 2.45) is 0 Å². The molecule has 0 aliphatic carbocycles. The predicted octanol–water partition coefficient (Wildman–Crippen LogP) is 0.843. The van der Waals surface area contributed by atoms with Crippen molar-refractivity contribution in [2.45, 2.75) is 19.5 Å². The molecule has 2 heterocycles. The summed E-state index contributed by atoms with van der Waals surface area (Å²) < 4.78 is 10.7. The molecule has 1 amide bonds. The second kappa shape index (κ2) is 9.20. The quantitative estimate of drug-likeness (QED) is 0.763. The summed E-state index contributed by atoms with van der Waals surface area (Å²) >= 11 is 0. The fourth-order valence-corrected chi connectivity index (χ4v) is 3.89. The van der Waals surface area contributed by atoms with Gasteiger partial charge >= 0.3 is 5.97 Å². The number of quaternary nitrogens is 1. The lowest BCUT2D eigenvalue weighted by Crippen LogP contribution is -3.12. The average molecular weight is 395 g/mol. The van der Waals surface area contributed by atoms with E-state index in [0.29, 0.717) is 18.7 Å². The summed E-state index contributed by atoms with van der Waals surface area (Å²) in [7, 11) is 0. The Morgan fingerprint density at radius 2 is 1.72 bits per heavy atom. The summed E-state index contributed by atoms with van der Waals surface area (Å²) in [6.45, 7) is 5.55. The van der Waals surface area contributed by atoms with E-state index in [4.69, 9.17) is 9.47 Å². The largest absolute Gasteiger partial charge is 0.452 e. The van der Waals surface area contributed by atoms with E-state index in [-0.39, 0.29) is 12.5 Å². The minimum Gasteiger partial charge on any atom is -0.452 e. The van der Waals surface area contributed by atoms with E-state index < -0.39 is 5.97 Å². The van der Waals surface area contributed by atoms with Crippen LogP contribution in [0, 0.1) is 0 Å². The molecule has 0 unspecified atom stereocenters. The van der Waals surface area contributed by atoms with Crippen LogP contribution in [0.15, 0.2) is 48.5 Å². The van der Waals surface area contributed by atoms with E-state index in [0.717, 1.165) is 44.8 Å². The lowest BCUT2D eigenvalue weighted by molar-refractivity contribution is -0.921. The number of fused-ring (bicyclic) bond motifs is 1. The number of esters is 1. The van der Waals surface area contributed by atoms with Crippen LogP contribution in [0.4, 0.5) is 0 Å². The van der Waals surface area contributed by atoms with Crippen molar-refractivity contribution >= 4 is 11.9 Å². The van der Waals surface area contributed by atoms with Crippen LogP contribution >= 0.6 is 0 Å². The molecule has 29 heavy (non-hydrogen) atoms. The summed E-state index contributed by atoms with van der Waals surface area (Å²) in [5, 5.41) is 0. The SMILES string of the molecule is O=C(OCC(=O)N1CCc2ccccc2C1)c1ccc(C[NH+]2CCOCC2)cc1. The monoisotopic (exact) mass is 395 g/mol. The van der Waals surface area contributed by atoms with Gasteiger partial charge in [-0.3, -0.25) is 4.79 Å². The number of benzene rings is 2. The van der Waals surface area contributed by atoms with E-state index in [1.54, 1.807) is 17.0 Å². The van der Waals surface area contributed by atoms with Gasteiger partial charge in [-0.2, -0.15) is 0 Å². The van der Waals surface area contributed by atoms with Gasteiger partial charge < -0.3 is 19.3 Å². The van der Waals surface area contributed by atoms with Crippen molar-refractivity contribution < 1.29 is 24.0 Å². The Morgan fingerprint density at radius 1 is 1.00 bits per heavy atom. The van der Waals surface area contributed by atoms with E-state index in [2.05, 4.69) is 6.07 Å². The number of carbonyl (C=O) groups excluding carboxylic acids is 2. The zero-order valence-electron chi connectivity index (χ0n) is 16.6. The summed E-state index contributed by atoms with van der Waals surface area (Å²) in [6, 6.07) is 15.6. The Labute approximate surface area is 171 Å². The van der Waals surface area contributed by atoms with Crippen LogP contribution in [0.3, 0.4) is 0 Å². The highest BCUT2D eigenvalue weighted by Gasteiger charge is 2.22. The van der Waals surface area contributed by atoms with Gasteiger partial charge in [-0.25, -0.2) is 4.79 Å². The molecular weight excluding hydrogens is 368 g/mol. The fourth-order valence-electron chi connectivity index (χ4n) is 3.89. The van der Waals surface area contributed by atoms with Gasteiger partial charge in [0.1, 0.15) is 19.6 Å². The molecule has 152 valence electrons. The number of hydrogen-bond acceptors (Lipinski definition) is 4. The number of hydrogen-bond donors (Lipinski definition) is 1. The molecule has 0 bridgehead atoms. The van der Waals surface area contributed by atoms with Crippen LogP contribution in [0.5, 0.6) is 0 Å². The first-order valence-electron chi connectivity index (χ1n) is 10.2. The van der Waals surface area contributed by atoms with Crippen LogP contribution in [0.1, 0.15) is 27.0 Å². The Bertz CT molecular complexity index is 859. The molecule has 1 fully saturated rings. The molecule has 1 N–H and O–H groups in total. The van der Waals surface area contributed by atoms with Crippen LogP contribution in [-0.2, 0) is 33.8 Å². The average Bonchev–Trinajstić information content (AvgIpc) is 2.78. The highest BCUT2D eigenvalue weighted by atomic mass is 16.5. The van der Waals surface area contributed by atoms with Gasteiger partial charge in [0.25, 0.3) is 5.91 Å². The first-order chi connectivity index (χ1) is 14.2. The number of carbonyl (C=O) groups is 2. The minimum absolute atomic E-state index is 0.152. The van der Waals surface area contributed by atoms with E-state index in [9.17, 15) is 9.59 Å². The summed E-state index contributed by atoms with van der Waals surface area (Å²) in [4.78, 5) is 28.0. The molecule has 0 aromatic heterocycles. The highest BCUT2D eigenvalue weighted by Crippen LogP contribution is 2.18. The molecule has 0 radical (unpaired) electrons. The third-order valence-electron chi connectivity index (χ3n) is 5.65. The van der Waals surface area contributed by atoms with Crippen molar-refractivity contribution in [1.82, 2.24) is 4.90 Å². The molecule has 6 nitrogen and oxygen atoms in total. The summed E-state index contributed by atoms with van der Waals surface area (Å²) in [5.41, 5.74) is 4.10. The van der Waals surface area contributed by atoms with E-state index >= 15 is 0 Å². The van der Waals surface area contributed by atoms with Crippen molar-refractivity contribution in [1.29, 1.82) is 0 Å². The standard InChI is InChI=1S/C23H26N2O4/c26-22(25-10-9-19-3-1-2-4-21(19)16-25)17-29-23(27)20-7-5-18(6-8-20)15-24-11-13-28-14-12-24/h1-8H,9-17H2/p+1. The van der Waals surface area contributed by atoms with Gasteiger partial charge in [0, 0.05) is 18.7 Å². The van der Waals surface area contributed by atoms with E-state index in [1.807, 2.05) is 30.3 Å². The summed E-state index contributed by atoms with van der Waals surface area (Å²) in [5.74, 6) is -0.610. The Kier molecular flexibility index (Phi) is 6.22. The second-order valence-electron chi connectivity index (χ2n) is 7.65. The van der Waals surface area contributed by atoms with E-state index in [1.165, 1.54) is 16.0 Å². The third-order valence-corrected chi connectivity index (χ3v) is 5.65. The van der Waals surface area contributed by atoms with Crippen molar-refractivity contribution in [3.05, 3.63) is 70.8 Å². The van der Waals surface area contributed by atoms with Crippen molar-refractivity contribution in [3.63, 3.8) is 0 Å². The zero-order valence-corrected chi connectivity index (χ0v) is 16.6. The topological polar surface area (TPSA) is 60.3 Å². The number of ether oxygens (including phenoxy) is 2. The van der Waals surface area contributed by atoms with Crippen LogP contribution < -0.4 is 4.90 Å². The summed E-state index contributed by atoms with van der Waals surface area (Å²) in [6.07, 6.45) is 0.836. The van der Waals surface area contributed by atoms with Crippen LogP contribution in [-0.4, -0.2) is 56.2 Å². The Hall–Kier alpha value is -2.70. The molecule has 4 rings (SSSR count). The smallest absolute Gasteiger partial charge is 0.338 e. The maximum atomic E-state index is 12.5. The maximum absolute atomic E-state index is 12.5. The molecule has 1 saturated heterocycles. The number of amides is 1. The Balaban J connectivity index is 1.26. The normalized spacial score (nSPS) is 16.9. The molecule has 0 atom stereocenters. The maximum Gasteiger partial charge on any atom is 0.338 e. The first kappa shape index (κ1) is 19.6. The van der Waals surface area contributed by atoms with Crippen LogP contribution in [0.2, 0.25) is 0 Å². The van der Waals surface area contributed by atoms with Gasteiger partial charge in [0.15, 0.2) is 6.61 Å². The Morgan fingerprint density at radius 3 is 2.48 bits per heavy atom. The number of nitrogens with zero attached hydrogens (tertiary/aromatic N) is 1.